The molecule has 0 radical (unpaired) electrons. The highest BCUT2D eigenvalue weighted by Crippen LogP contribution is 2.35. The van der Waals surface area contributed by atoms with Gasteiger partial charge in [0.25, 0.3) is 0 Å². The molecule has 142 valence electrons. The van der Waals surface area contributed by atoms with Gasteiger partial charge in [0.15, 0.2) is 0 Å². The largest absolute Gasteiger partial charge is 0.493 e. The third kappa shape index (κ3) is 7.52. The van der Waals surface area contributed by atoms with E-state index in [0.717, 1.165) is 24.2 Å². The van der Waals surface area contributed by atoms with Crippen LogP contribution in [0.3, 0.4) is 0 Å². The summed E-state index contributed by atoms with van der Waals surface area (Å²) in [4.78, 5) is 0. The maximum Gasteiger partial charge on any atom is 0.341 e. The van der Waals surface area contributed by atoms with Crippen molar-refractivity contribution in [3.05, 3.63) is 54.1 Å². The van der Waals surface area contributed by atoms with E-state index in [-0.39, 0.29) is 0 Å². The lowest BCUT2D eigenvalue weighted by atomic mass is 9.98. The molecule has 0 unspecified atom stereocenters. The molecule has 0 aliphatic rings. The molecule has 5 heteroatoms. The van der Waals surface area contributed by atoms with E-state index in [4.69, 9.17) is 38.0 Å². The maximum absolute atomic E-state index is 6.22. The summed E-state index contributed by atoms with van der Waals surface area (Å²) in [5, 5.41) is 0. The van der Waals surface area contributed by atoms with Crippen LogP contribution in [0.15, 0.2) is 48.5 Å². The Morgan fingerprint density at radius 1 is 0.846 bits per heavy atom. The number of unbranched alkanes of at least 4 members (excludes halogenated alkanes) is 3. The molecule has 0 aromatic heterocycles. The fourth-order valence-electron chi connectivity index (χ4n) is 2.99. The van der Waals surface area contributed by atoms with Gasteiger partial charge in [-0.25, -0.2) is 0 Å². The monoisotopic (exact) mass is 428 g/mol. The van der Waals surface area contributed by atoms with Crippen LogP contribution in [0, 0.1) is 0 Å². The first-order chi connectivity index (χ1) is 12.5. The predicted octanol–water partition coefficient (Wildman–Crippen LogP) is 7.90. The smallest absolute Gasteiger partial charge is 0.341 e. The number of benzene rings is 2. The zero-order valence-electron chi connectivity index (χ0n) is 15.3. The lowest BCUT2D eigenvalue weighted by Gasteiger charge is -2.17. The van der Waals surface area contributed by atoms with Crippen LogP contribution in [0.5, 0.6) is 5.75 Å². The van der Waals surface area contributed by atoms with E-state index < -0.39 is 6.00 Å². The van der Waals surface area contributed by atoms with Crippen LogP contribution in [0.4, 0.5) is 0 Å². The molecule has 0 saturated heterocycles. The lowest BCUT2D eigenvalue weighted by molar-refractivity contribution is 0.315. The van der Waals surface area contributed by atoms with Crippen LogP contribution < -0.4 is 4.74 Å². The fourth-order valence-corrected chi connectivity index (χ4v) is 4.73. The van der Waals surface area contributed by atoms with Crippen LogP contribution in [0.1, 0.15) is 44.6 Å². The summed E-state index contributed by atoms with van der Waals surface area (Å²) in [6, 6.07) is 14.9. The second-order valence-corrected chi connectivity index (χ2v) is 15.8. The molecule has 0 atom stereocenters. The van der Waals surface area contributed by atoms with Crippen LogP contribution in [-0.4, -0.2) is 12.6 Å². The zero-order valence-corrected chi connectivity index (χ0v) is 18.6. The second-order valence-electron chi connectivity index (χ2n) is 6.54. The van der Waals surface area contributed by atoms with Crippen molar-refractivity contribution in [3.8, 4) is 16.9 Å². The molecule has 0 fully saturated rings. The lowest BCUT2D eigenvalue weighted by Crippen LogP contribution is -2.11. The van der Waals surface area contributed by atoms with Crippen molar-refractivity contribution in [1.82, 2.24) is 0 Å². The number of hydrogen-bond donors (Lipinski definition) is 0. The minimum atomic E-state index is -2.58. The van der Waals surface area contributed by atoms with Crippen molar-refractivity contribution in [2.45, 2.75) is 51.5 Å². The van der Waals surface area contributed by atoms with Crippen LogP contribution in [-0.2, 0) is 6.42 Å². The van der Waals surface area contributed by atoms with Gasteiger partial charge in [-0.2, -0.15) is 0 Å². The highest BCUT2D eigenvalue weighted by Gasteiger charge is 2.24. The maximum atomic E-state index is 6.22. The summed E-state index contributed by atoms with van der Waals surface area (Å²) in [6.07, 6.45) is 6.76. The summed E-state index contributed by atoms with van der Waals surface area (Å²) in [7, 11) is 0. The van der Waals surface area contributed by atoms with Gasteiger partial charge in [-0.05, 0) is 36.4 Å². The quantitative estimate of drug-likeness (QED) is 0.200. The Morgan fingerprint density at radius 3 is 2.31 bits per heavy atom. The van der Waals surface area contributed by atoms with Crippen molar-refractivity contribution >= 4 is 39.2 Å². The Kier molecular flexibility index (Phi) is 9.34. The Hall–Kier alpha value is -0.673. The van der Waals surface area contributed by atoms with E-state index in [1.807, 2.05) is 6.07 Å². The minimum Gasteiger partial charge on any atom is -0.493 e. The van der Waals surface area contributed by atoms with Crippen LogP contribution >= 0.6 is 33.2 Å². The van der Waals surface area contributed by atoms with E-state index in [0.29, 0.717) is 12.7 Å². The Balaban J connectivity index is 2.15. The standard InChI is InChI=1S/C21H27Cl3OSi/c1-2-3-4-6-13-19-14-9-15-20(18-11-7-5-8-12-18)21(19)25-16-10-17-26(22,23)24/h5,7-9,11-12,14-15H,2-4,6,10,13,16-17H2,1H3. The molecule has 0 saturated carbocycles. The number of halogens is 3. The van der Waals surface area contributed by atoms with Gasteiger partial charge < -0.3 is 4.74 Å². The second kappa shape index (κ2) is 11.2. The number of para-hydroxylation sites is 1. The molecule has 2 aromatic rings. The Labute approximate surface area is 172 Å². The molecular formula is C21H27Cl3OSi. The van der Waals surface area contributed by atoms with Crippen molar-refractivity contribution in [1.29, 1.82) is 0 Å². The summed E-state index contributed by atoms with van der Waals surface area (Å²) in [5.41, 5.74) is 3.59. The third-order valence-corrected chi connectivity index (χ3v) is 6.95. The van der Waals surface area contributed by atoms with Crippen LogP contribution in [0.2, 0.25) is 6.04 Å². The highest BCUT2D eigenvalue weighted by molar-refractivity contribution is 7.64. The SMILES string of the molecule is CCCCCCc1cccc(-c2ccccc2)c1OCCC[Si](Cl)(Cl)Cl. The minimum absolute atomic E-state index is 0.576. The van der Waals surface area contributed by atoms with Gasteiger partial charge in [0.2, 0.25) is 0 Å². The number of aryl methyl sites for hydroxylation is 1. The molecule has 0 aliphatic heterocycles. The molecule has 26 heavy (non-hydrogen) atoms. The molecule has 0 aliphatic carbocycles. The summed E-state index contributed by atoms with van der Waals surface area (Å²) < 4.78 is 6.22. The van der Waals surface area contributed by atoms with Gasteiger partial charge in [-0.15, -0.1) is 33.2 Å². The van der Waals surface area contributed by atoms with Crippen molar-refractivity contribution in [2.75, 3.05) is 6.61 Å². The van der Waals surface area contributed by atoms with E-state index in [9.17, 15) is 0 Å². The van der Waals surface area contributed by atoms with Crippen molar-refractivity contribution < 1.29 is 4.74 Å². The number of ether oxygens (including phenoxy) is 1. The number of hydrogen-bond acceptors (Lipinski definition) is 1. The summed E-state index contributed by atoms with van der Waals surface area (Å²) >= 11 is 18.0. The molecule has 0 amide bonds. The van der Waals surface area contributed by atoms with Gasteiger partial charge >= 0.3 is 6.00 Å². The van der Waals surface area contributed by atoms with Crippen molar-refractivity contribution in [3.63, 3.8) is 0 Å². The fraction of sp³-hybridized carbons (Fsp3) is 0.429. The van der Waals surface area contributed by atoms with Gasteiger partial charge in [-0.3, -0.25) is 0 Å². The van der Waals surface area contributed by atoms with E-state index in [1.165, 1.54) is 36.8 Å². The molecule has 2 aromatic carbocycles. The highest BCUT2D eigenvalue weighted by atomic mass is 35.8. The van der Waals surface area contributed by atoms with Crippen LogP contribution in [0.25, 0.3) is 11.1 Å². The molecule has 0 N–H and O–H groups in total. The first-order valence-electron chi connectivity index (χ1n) is 9.38. The van der Waals surface area contributed by atoms with Gasteiger partial charge in [0.1, 0.15) is 5.75 Å². The first kappa shape index (κ1) is 21.6. The van der Waals surface area contributed by atoms with Gasteiger partial charge in [0.05, 0.1) is 6.61 Å². The van der Waals surface area contributed by atoms with Gasteiger partial charge in [-0.1, -0.05) is 74.7 Å². The Bertz CT molecular complexity index is 656. The molecule has 0 bridgehead atoms. The topological polar surface area (TPSA) is 9.23 Å². The number of rotatable bonds is 11. The normalized spacial score (nSPS) is 11.5. The van der Waals surface area contributed by atoms with Crippen molar-refractivity contribution in [2.24, 2.45) is 0 Å². The summed E-state index contributed by atoms with van der Waals surface area (Å²) in [5.74, 6) is 0.987. The molecule has 0 heterocycles. The molecule has 1 nitrogen and oxygen atoms in total. The predicted molar refractivity (Wildman–Crippen MR) is 118 cm³/mol. The van der Waals surface area contributed by atoms with E-state index >= 15 is 0 Å². The third-order valence-electron chi connectivity index (χ3n) is 4.33. The zero-order chi connectivity index (χ0) is 18.8. The molecule has 0 spiro atoms. The molecule has 2 rings (SSSR count). The van der Waals surface area contributed by atoms with E-state index in [2.05, 4.69) is 49.4 Å². The van der Waals surface area contributed by atoms with E-state index in [1.54, 1.807) is 0 Å². The Morgan fingerprint density at radius 2 is 1.62 bits per heavy atom. The summed E-state index contributed by atoms with van der Waals surface area (Å²) in [6.45, 7) is 2.81. The average molecular weight is 430 g/mol. The van der Waals surface area contributed by atoms with Gasteiger partial charge in [0, 0.05) is 5.56 Å². The average Bonchev–Trinajstić information content (AvgIpc) is 2.63. The first-order valence-corrected chi connectivity index (χ1v) is 14.6. The molecular weight excluding hydrogens is 403 g/mol.